The van der Waals surface area contributed by atoms with E-state index in [9.17, 15) is 4.79 Å². The molecule has 1 fully saturated rings. The van der Waals surface area contributed by atoms with E-state index < -0.39 is 0 Å². The molecule has 0 bridgehead atoms. The van der Waals surface area contributed by atoms with Crippen LogP contribution < -0.4 is 0 Å². The molecule has 0 radical (unpaired) electrons. The maximum absolute atomic E-state index is 12.2. The summed E-state index contributed by atoms with van der Waals surface area (Å²) in [6, 6.07) is 18.7. The molecule has 1 saturated carbocycles. The van der Waals surface area contributed by atoms with Crippen LogP contribution in [0.2, 0.25) is 0 Å². The Morgan fingerprint density at radius 2 is 1.90 bits per heavy atom. The van der Waals surface area contributed by atoms with Gasteiger partial charge in [-0.1, -0.05) is 59.8 Å². The number of para-hydroxylation sites is 1. The molecule has 0 spiro atoms. The molecule has 5 rings (SSSR count). The van der Waals surface area contributed by atoms with Crippen molar-refractivity contribution in [3.8, 4) is 22.6 Å². The standard InChI is InChI=1S/C25H24N4OS/c1-3-29-24(27-28-25(29)31-23-10-6-9-22(23)30)19-15-21(17-13-11-16(2)12-14-17)26-20-8-5-4-7-18(19)20/h4-5,7-8,11-15,23H,3,6,9-10H2,1-2H3/t23-/m1/s1. The number of carbonyl (C=O) groups is 1. The lowest BCUT2D eigenvalue weighted by atomic mass is 10.0. The molecule has 0 aliphatic heterocycles. The highest BCUT2D eigenvalue weighted by molar-refractivity contribution is 8.00. The van der Waals surface area contributed by atoms with E-state index in [0.29, 0.717) is 12.2 Å². The Morgan fingerprint density at radius 3 is 2.65 bits per heavy atom. The smallest absolute Gasteiger partial charge is 0.192 e. The van der Waals surface area contributed by atoms with Crippen LogP contribution >= 0.6 is 11.8 Å². The van der Waals surface area contributed by atoms with Gasteiger partial charge in [0.15, 0.2) is 11.0 Å². The Bertz CT molecular complexity index is 1260. The predicted octanol–water partition coefficient (Wildman–Crippen LogP) is 5.70. The summed E-state index contributed by atoms with van der Waals surface area (Å²) in [7, 11) is 0. The number of ketones is 1. The monoisotopic (exact) mass is 428 g/mol. The Hall–Kier alpha value is -2.99. The lowest BCUT2D eigenvalue weighted by molar-refractivity contribution is -0.116. The Kier molecular flexibility index (Phi) is 5.32. The molecule has 2 heterocycles. The highest BCUT2D eigenvalue weighted by Gasteiger charge is 2.28. The highest BCUT2D eigenvalue weighted by Crippen LogP contribution is 2.36. The molecule has 5 nitrogen and oxygen atoms in total. The van der Waals surface area contributed by atoms with Gasteiger partial charge in [0.2, 0.25) is 0 Å². The van der Waals surface area contributed by atoms with E-state index in [0.717, 1.165) is 58.1 Å². The van der Waals surface area contributed by atoms with E-state index >= 15 is 0 Å². The van der Waals surface area contributed by atoms with Crippen molar-refractivity contribution in [2.24, 2.45) is 0 Å². The first-order valence-electron chi connectivity index (χ1n) is 10.7. The number of pyridine rings is 1. The van der Waals surface area contributed by atoms with Gasteiger partial charge in [-0.15, -0.1) is 10.2 Å². The number of aromatic nitrogens is 4. The molecule has 0 N–H and O–H groups in total. The summed E-state index contributed by atoms with van der Waals surface area (Å²) in [4.78, 5) is 17.1. The van der Waals surface area contributed by atoms with Gasteiger partial charge in [-0.25, -0.2) is 4.98 Å². The molecule has 0 amide bonds. The minimum atomic E-state index is -0.000321. The average Bonchev–Trinajstić information content (AvgIpc) is 3.39. The van der Waals surface area contributed by atoms with Crippen molar-refractivity contribution in [1.82, 2.24) is 19.7 Å². The maximum atomic E-state index is 12.2. The van der Waals surface area contributed by atoms with Crippen LogP contribution in [0.1, 0.15) is 31.7 Å². The Morgan fingerprint density at radius 1 is 1.10 bits per heavy atom. The molecule has 156 valence electrons. The molecule has 4 aromatic rings. The molecule has 1 aliphatic carbocycles. The van der Waals surface area contributed by atoms with Crippen molar-refractivity contribution in [1.29, 1.82) is 0 Å². The second kappa shape index (κ2) is 8.27. The van der Waals surface area contributed by atoms with Crippen molar-refractivity contribution in [3.05, 3.63) is 60.2 Å². The van der Waals surface area contributed by atoms with Gasteiger partial charge in [-0.3, -0.25) is 4.79 Å². The fraction of sp³-hybridized carbons (Fsp3) is 0.280. The number of benzene rings is 2. The van der Waals surface area contributed by atoms with Gasteiger partial charge in [-0.2, -0.15) is 0 Å². The summed E-state index contributed by atoms with van der Waals surface area (Å²) < 4.78 is 2.12. The van der Waals surface area contributed by atoms with Crippen LogP contribution in [-0.4, -0.2) is 30.8 Å². The topological polar surface area (TPSA) is 60.7 Å². The number of fused-ring (bicyclic) bond motifs is 1. The van der Waals surface area contributed by atoms with Crippen molar-refractivity contribution >= 4 is 28.4 Å². The minimum Gasteiger partial charge on any atom is -0.302 e. The molecule has 2 aromatic carbocycles. The zero-order valence-electron chi connectivity index (χ0n) is 17.7. The summed E-state index contributed by atoms with van der Waals surface area (Å²) in [6.07, 6.45) is 2.57. The first-order valence-corrected chi connectivity index (χ1v) is 11.6. The molecule has 0 saturated heterocycles. The number of thioether (sulfide) groups is 1. The van der Waals surface area contributed by atoms with E-state index in [2.05, 4.69) is 65.0 Å². The predicted molar refractivity (Wildman–Crippen MR) is 125 cm³/mol. The van der Waals surface area contributed by atoms with Crippen molar-refractivity contribution < 1.29 is 4.79 Å². The third-order valence-corrected chi connectivity index (χ3v) is 7.13. The number of rotatable bonds is 5. The van der Waals surface area contributed by atoms with Gasteiger partial charge in [0.25, 0.3) is 0 Å². The zero-order valence-corrected chi connectivity index (χ0v) is 18.5. The van der Waals surface area contributed by atoms with Crippen LogP contribution in [0.5, 0.6) is 0 Å². The normalized spacial score (nSPS) is 16.3. The molecule has 6 heteroatoms. The van der Waals surface area contributed by atoms with E-state index in [1.165, 1.54) is 5.56 Å². The van der Waals surface area contributed by atoms with E-state index in [-0.39, 0.29) is 5.25 Å². The maximum Gasteiger partial charge on any atom is 0.192 e. The minimum absolute atomic E-state index is 0.000321. The first-order chi connectivity index (χ1) is 15.1. The number of hydrogen-bond donors (Lipinski definition) is 0. The van der Waals surface area contributed by atoms with Crippen LogP contribution in [-0.2, 0) is 11.3 Å². The molecular weight excluding hydrogens is 404 g/mol. The average molecular weight is 429 g/mol. The van der Waals surface area contributed by atoms with Gasteiger partial charge in [-0.05, 0) is 38.8 Å². The Labute approximate surface area is 185 Å². The quantitative estimate of drug-likeness (QED) is 0.408. The van der Waals surface area contributed by atoms with E-state index in [1.807, 2.05) is 18.2 Å². The van der Waals surface area contributed by atoms with Gasteiger partial charge in [0.1, 0.15) is 5.78 Å². The summed E-state index contributed by atoms with van der Waals surface area (Å²) in [5.41, 5.74) is 5.16. The number of hydrogen-bond acceptors (Lipinski definition) is 5. The number of aryl methyl sites for hydroxylation is 1. The zero-order chi connectivity index (χ0) is 21.4. The Balaban J connectivity index is 1.64. The highest BCUT2D eigenvalue weighted by atomic mass is 32.2. The summed E-state index contributed by atoms with van der Waals surface area (Å²) >= 11 is 1.56. The lowest BCUT2D eigenvalue weighted by Crippen LogP contribution is -2.10. The lowest BCUT2D eigenvalue weighted by Gasteiger charge is -2.13. The molecular formula is C25H24N4OS. The SMILES string of the molecule is CCn1c(S[C@@H]2CCCC2=O)nnc1-c1cc(-c2ccc(C)cc2)nc2ccccc12. The molecule has 0 unspecified atom stereocenters. The van der Waals surface area contributed by atoms with Gasteiger partial charge >= 0.3 is 0 Å². The third kappa shape index (κ3) is 3.76. The summed E-state index contributed by atoms with van der Waals surface area (Å²) in [6.45, 7) is 4.92. The van der Waals surface area contributed by atoms with E-state index in [1.54, 1.807) is 11.8 Å². The van der Waals surface area contributed by atoms with Crippen molar-refractivity contribution in [2.75, 3.05) is 0 Å². The van der Waals surface area contributed by atoms with Crippen LogP contribution in [0.3, 0.4) is 0 Å². The van der Waals surface area contributed by atoms with Crippen LogP contribution in [0.4, 0.5) is 0 Å². The van der Waals surface area contributed by atoms with Crippen molar-refractivity contribution in [2.45, 2.75) is 50.1 Å². The summed E-state index contributed by atoms with van der Waals surface area (Å²) in [5, 5.41) is 10.9. The van der Waals surface area contributed by atoms with Gasteiger partial charge in [0, 0.05) is 29.5 Å². The largest absolute Gasteiger partial charge is 0.302 e. The third-order valence-electron chi connectivity index (χ3n) is 5.83. The van der Waals surface area contributed by atoms with E-state index in [4.69, 9.17) is 4.98 Å². The first kappa shape index (κ1) is 19.9. The van der Waals surface area contributed by atoms with Crippen LogP contribution in [0.15, 0.2) is 59.8 Å². The molecule has 31 heavy (non-hydrogen) atoms. The second-order valence-corrected chi connectivity index (χ2v) is 9.12. The molecule has 2 aromatic heterocycles. The number of Topliss-reactive ketones (excluding diaryl/α,β-unsaturated/α-hetero) is 1. The fourth-order valence-electron chi connectivity index (χ4n) is 4.13. The molecule has 1 atom stereocenters. The van der Waals surface area contributed by atoms with Gasteiger partial charge in [0.05, 0.1) is 16.5 Å². The number of nitrogens with zero attached hydrogens (tertiary/aromatic N) is 4. The van der Waals surface area contributed by atoms with Crippen LogP contribution in [0, 0.1) is 6.92 Å². The number of carbonyl (C=O) groups excluding carboxylic acids is 1. The van der Waals surface area contributed by atoms with Crippen molar-refractivity contribution in [3.63, 3.8) is 0 Å². The summed E-state index contributed by atoms with van der Waals surface area (Å²) in [5.74, 6) is 1.15. The second-order valence-electron chi connectivity index (χ2n) is 7.95. The fourth-order valence-corrected chi connectivity index (χ4v) is 5.35. The molecule has 1 aliphatic rings. The van der Waals surface area contributed by atoms with Crippen LogP contribution in [0.25, 0.3) is 33.5 Å². The van der Waals surface area contributed by atoms with Gasteiger partial charge < -0.3 is 4.57 Å².